The maximum atomic E-state index is 6.57. The summed E-state index contributed by atoms with van der Waals surface area (Å²) in [4.78, 5) is 11.1. The molecule has 7 atom stereocenters. The molecule has 57 heavy (non-hydrogen) atoms. The SMILES string of the molecule is c1ccc(-c2cc3oc4ccccc4c3cc2-c2cc3c4c5c(ncc4n4c6cnc7c(c6c(c2)c34)C2CC3CC4CC7CC43C2)C2CC3CC(C2)CC5C3)cc1. The highest BCUT2D eigenvalue weighted by Crippen LogP contribution is 2.76. The van der Waals surface area contributed by atoms with Crippen molar-refractivity contribution < 1.29 is 4.42 Å². The van der Waals surface area contributed by atoms with Gasteiger partial charge in [0, 0.05) is 55.5 Å². The Morgan fingerprint density at radius 2 is 1.18 bits per heavy atom. The maximum absolute atomic E-state index is 6.57. The predicted octanol–water partition coefficient (Wildman–Crippen LogP) is 13.6. The van der Waals surface area contributed by atoms with Gasteiger partial charge in [-0.15, -0.1) is 0 Å². The molecule has 5 fully saturated rings. The molecule has 0 N–H and O–H groups in total. The summed E-state index contributed by atoms with van der Waals surface area (Å²) in [7, 11) is 0. The number of pyridine rings is 2. The van der Waals surface area contributed by atoms with Gasteiger partial charge in [0.25, 0.3) is 0 Å². The van der Waals surface area contributed by atoms with Gasteiger partial charge < -0.3 is 8.82 Å². The lowest BCUT2D eigenvalue weighted by molar-refractivity contribution is 0.00321. The van der Waals surface area contributed by atoms with E-state index in [1.165, 1.54) is 147 Å². The summed E-state index contributed by atoms with van der Waals surface area (Å²) < 4.78 is 9.21. The van der Waals surface area contributed by atoms with E-state index in [4.69, 9.17) is 14.4 Å². The maximum Gasteiger partial charge on any atom is 0.136 e. The summed E-state index contributed by atoms with van der Waals surface area (Å²) in [5.74, 6) is 6.00. The molecule has 4 heteroatoms. The van der Waals surface area contributed by atoms with Crippen LogP contribution in [0.15, 0.2) is 95.7 Å². The van der Waals surface area contributed by atoms with Crippen molar-refractivity contribution in [3.63, 3.8) is 0 Å². The first-order valence-electron chi connectivity index (χ1n) is 22.2. The number of nitrogens with zero attached hydrogens (tertiary/aromatic N) is 3. The minimum absolute atomic E-state index is 0.591. The van der Waals surface area contributed by atoms with E-state index < -0.39 is 0 Å². The normalized spacial score (nSPS) is 31.6. The van der Waals surface area contributed by atoms with Crippen LogP contribution in [-0.2, 0) is 0 Å². The first-order chi connectivity index (χ1) is 28.1. The van der Waals surface area contributed by atoms with Crippen molar-refractivity contribution >= 4 is 60.0 Å². The molecule has 4 aromatic carbocycles. The molecule has 9 aromatic rings. The molecule has 17 rings (SSSR count). The average molecular weight is 738 g/mol. The summed E-state index contributed by atoms with van der Waals surface area (Å²) in [6, 6.07) is 29.6. The predicted molar refractivity (Wildman–Crippen MR) is 228 cm³/mol. The van der Waals surface area contributed by atoms with Crippen molar-refractivity contribution in [1.82, 2.24) is 14.4 Å². The van der Waals surface area contributed by atoms with Gasteiger partial charge in [-0.25, -0.2) is 0 Å². The topological polar surface area (TPSA) is 43.3 Å². The van der Waals surface area contributed by atoms with Gasteiger partial charge in [0.05, 0.1) is 28.9 Å². The lowest BCUT2D eigenvalue weighted by Gasteiger charge is -2.48. The molecule has 7 bridgehead atoms. The Bertz CT molecular complexity index is 3270. The van der Waals surface area contributed by atoms with E-state index in [2.05, 4.69) is 95.7 Å². The molecule has 276 valence electrons. The second-order valence-corrected chi connectivity index (χ2v) is 20.2. The fraction of sp³-hybridized carbons (Fsp3) is 0.358. The second kappa shape index (κ2) is 9.89. The highest BCUT2D eigenvalue weighted by atomic mass is 16.3. The van der Waals surface area contributed by atoms with Crippen LogP contribution in [0.3, 0.4) is 0 Å². The van der Waals surface area contributed by atoms with Gasteiger partial charge in [-0.05, 0) is 169 Å². The molecule has 8 aliphatic rings. The van der Waals surface area contributed by atoms with Crippen LogP contribution in [0.1, 0.15) is 110 Å². The van der Waals surface area contributed by atoms with E-state index in [9.17, 15) is 0 Å². The molecule has 1 spiro atoms. The summed E-state index contributed by atoms with van der Waals surface area (Å²) in [6.45, 7) is 0. The first-order valence-corrected chi connectivity index (χ1v) is 22.2. The van der Waals surface area contributed by atoms with E-state index in [1.54, 1.807) is 11.1 Å². The van der Waals surface area contributed by atoms with Crippen molar-refractivity contribution in [3.8, 4) is 22.3 Å². The van der Waals surface area contributed by atoms with Crippen LogP contribution in [-0.4, -0.2) is 14.4 Å². The average Bonchev–Trinajstić information content (AvgIpc) is 3.98. The molecule has 5 heterocycles. The Hall–Kier alpha value is -5.22. The number of para-hydroxylation sites is 1. The van der Waals surface area contributed by atoms with Crippen LogP contribution in [0.5, 0.6) is 0 Å². The van der Waals surface area contributed by atoms with Crippen LogP contribution in [0.2, 0.25) is 0 Å². The minimum Gasteiger partial charge on any atom is -0.456 e. The number of hydrogen-bond donors (Lipinski definition) is 0. The summed E-state index contributed by atoms with van der Waals surface area (Å²) >= 11 is 0. The smallest absolute Gasteiger partial charge is 0.136 e. The van der Waals surface area contributed by atoms with Gasteiger partial charge in [0.2, 0.25) is 0 Å². The number of rotatable bonds is 2. The van der Waals surface area contributed by atoms with E-state index in [0.29, 0.717) is 29.1 Å². The molecular weight excluding hydrogens is 695 g/mol. The highest BCUT2D eigenvalue weighted by molar-refractivity contribution is 6.26. The standard InChI is InChI=1S/C53H43N3O/c1-2-6-28(7-3-1)38-21-45-39(36-8-4-5-9-44(36)57-45)20-37(38)29-17-40-48-42(24-54-50-31-13-26-10-27(14-31)12-30(11-26)46(48)50)56-43-25-55-51-33-16-35-19-34-15-32(22-53(34,35)23-33)47(51)49(43)41(18-29)52(40)56/h1-9,17-18,20-21,24-27,30-35H,10-16,19,22-23H2. The van der Waals surface area contributed by atoms with E-state index in [0.717, 1.165) is 34.8 Å². The Kier molecular flexibility index (Phi) is 5.20. The fourth-order valence-corrected chi connectivity index (χ4v) is 16.0. The van der Waals surface area contributed by atoms with Gasteiger partial charge >= 0.3 is 0 Å². The molecule has 7 unspecified atom stereocenters. The fourth-order valence-electron chi connectivity index (χ4n) is 16.0. The highest BCUT2D eigenvalue weighted by Gasteiger charge is 2.66. The zero-order chi connectivity index (χ0) is 36.5. The third-order valence-electron chi connectivity index (χ3n) is 17.8. The van der Waals surface area contributed by atoms with Crippen molar-refractivity contribution in [1.29, 1.82) is 0 Å². The third-order valence-corrected chi connectivity index (χ3v) is 17.8. The first kappa shape index (κ1) is 29.9. The van der Waals surface area contributed by atoms with Gasteiger partial charge in [-0.2, -0.15) is 0 Å². The monoisotopic (exact) mass is 737 g/mol. The van der Waals surface area contributed by atoms with E-state index >= 15 is 0 Å². The van der Waals surface area contributed by atoms with Gasteiger partial charge in [0.1, 0.15) is 11.2 Å². The number of fused-ring (bicyclic) bond motifs is 15. The van der Waals surface area contributed by atoms with Crippen molar-refractivity contribution in [2.75, 3.05) is 0 Å². The van der Waals surface area contributed by atoms with Gasteiger partial charge in [-0.1, -0.05) is 48.5 Å². The lowest BCUT2D eigenvalue weighted by Crippen LogP contribution is -2.41. The van der Waals surface area contributed by atoms with Crippen LogP contribution in [0.4, 0.5) is 0 Å². The summed E-state index contributed by atoms with van der Waals surface area (Å²) in [6.07, 6.45) is 18.3. The number of aromatic nitrogens is 3. The zero-order valence-corrected chi connectivity index (χ0v) is 32.1. The Morgan fingerprint density at radius 3 is 1.96 bits per heavy atom. The van der Waals surface area contributed by atoms with Crippen LogP contribution < -0.4 is 0 Å². The van der Waals surface area contributed by atoms with Crippen molar-refractivity contribution in [2.45, 2.75) is 87.9 Å². The quantitative estimate of drug-likeness (QED) is 0.177. The molecular formula is C53H43N3O. The Balaban J connectivity index is 1.07. The van der Waals surface area contributed by atoms with Gasteiger partial charge in [-0.3, -0.25) is 9.97 Å². The van der Waals surface area contributed by atoms with Crippen LogP contribution in [0.25, 0.3) is 82.3 Å². The third kappa shape index (κ3) is 3.50. The molecule has 0 saturated heterocycles. The molecule has 5 saturated carbocycles. The molecule has 4 nitrogen and oxygen atoms in total. The summed E-state index contributed by atoms with van der Waals surface area (Å²) in [5.41, 5.74) is 17.7. The second-order valence-electron chi connectivity index (χ2n) is 20.2. The number of furan rings is 1. The van der Waals surface area contributed by atoms with Crippen LogP contribution >= 0.6 is 0 Å². The summed E-state index contributed by atoms with van der Waals surface area (Å²) in [5, 5.41) is 8.23. The van der Waals surface area contributed by atoms with Gasteiger partial charge in [0.15, 0.2) is 0 Å². The Labute approximate surface area is 330 Å². The van der Waals surface area contributed by atoms with Crippen molar-refractivity contribution in [2.24, 2.45) is 29.1 Å². The Morgan fingerprint density at radius 1 is 0.526 bits per heavy atom. The van der Waals surface area contributed by atoms with Crippen LogP contribution in [0, 0.1) is 29.1 Å². The van der Waals surface area contributed by atoms with E-state index in [1.807, 2.05) is 0 Å². The molecule has 8 aliphatic carbocycles. The number of benzene rings is 4. The number of hydrogen-bond acceptors (Lipinski definition) is 3. The molecule has 0 amide bonds. The minimum atomic E-state index is 0.591. The molecule has 5 aromatic heterocycles. The zero-order valence-electron chi connectivity index (χ0n) is 32.1. The molecule has 0 radical (unpaired) electrons. The van der Waals surface area contributed by atoms with E-state index in [-0.39, 0.29) is 0 Å². The lowest BCUT2D eigenvalue weighted by atomic mass is 9.56. The molecule has 0 aliphatic heterocycles. The largest absolute Gasteiger partial charge is 0.456 e. The van der Waals surface area contributed by atoms with Crippen molar-refractivity contribution in [3.05, 3.63) is 114 Å².